The number of hydrogen-bond acceptors (Lipinski definition) is 4. The first-order chi connectivity index (χ1) is 17.0. The zero-order valence-electron chi connectivity index (χ0n) is 22.9. The smallest absolute Gasteiger partial charge is 0.274 e. The van der Waals surface area contributed by atoms with Gasteiger partial charge in [-0.3, -0.25) is 9.48 Å². The SMILES string of the molecule is CCc1cc(C)c(-c2c(CC)c(C(=O)N(C)C(C)(C)C)nn2-c2ccsc2)cc1-c1cn(C)nc1C. The fourth-order valence-electron chi connectivity index (χ4n) is 4.69. The van der Waals surface area contributed by atoms with Gasteiger partial charge in [-0.15, -0.1) is 0 Å². The highest BCUT2D eigenvalue weighted by Crippen LogP contribution is 2.38. The van der Waals surface area contributed by atoms with E-state index in [4.69, 9.17) is 5.10 Å². The molecule has 0 N–H and O–H groups in total. The van der Waals surface area contributed by atoms with Crippen LogP contribution in [0.5, 0.6) is 0 Å². The molecule has 0 aliphatic rings. The molecule has 1 amide bonds. The number of thiophene rings is 1. The Hall–Kier alpha value is -3.19. The Morgan fingerprint density at radius 3 is 2.31 bits per heavy atom. The second-order valence-electron chi connectivity index (χ2n) is 10.4. The van der Waals surface area contributed by atoms with E-state index < -0.39 is 0 Å². The molecule has 0 unspecified atom stereocenters. The molecule has 0 radical (unpaired) electrons. The van der Waals surface area contributed by atoms with Crippen molar-refractivity contribution in [2.75, 3.05) is 7.05 Å². The molecule has 3 heterocycles. The molecular formula is C29H37N5OS. The maximum absolute atomic E-state index is 13.7. The molecule has 0 atom stereocenters. The molecule has 190 valence electrons. The highest BCUT2D eigenvalue weighted by Gasteiger charge is 2.31. The van der Waals surface area contributed by atoms with Crippen LogP contribution in [0.25, 0.3) is 28.1 Å². The lowest BCUT2D eigenvalue weighted by molar-refractivity contribution is 0.0648. The number of hydrogen-bond donors (Lipinski definition) is 0. The molecule has 0 aliphatic heterocycles. The van der Waals surface area contributed by atoms with Gasteiger partial charge in [-0.25, -0.2) is 4.68 Å². The van der Waals surface area contributed by atoms with Gasteiger partial charge in [-0.2, -0.15) is 21.5 Å². The van der Waals surface area contributed by atoms with Gasteiger partial charge in [0.2, 0.25) is 0 Å². The lowest BCUT2D eigenvalue weighted by atomic mass is 9.90. The van der Waals surface area contributed by atoms with Crippen molar-refractivity contribution in [3.05, 3.63) is 63.2 Å². The second kappa shape index (κ2) is 9.69. The lowest BCUT2D eigenvalue weighted by Crippen LogP contribution is -2.43. The number of benzene rings is 1. The maximum atomic E-state index is 13.7. The van der Waals surface area contributed by atoms with Crippen LogP contribution >= 0.6 is 11.3 Å². The van der Waals surface area contributed by atoms with Gasteiger partial charge >= 0.3 is 0 Å². The van der Waals surface area contributed by atoms with E-state index in [2.05, 4.69) is 62.6 Å². The van der Waals surface area contributed by atoms with Crippen molar-refractivity contribution < 1.29 is 4.79 Å². The van der Waals surface area contributed by atoms with Crippen LogP contribution in [0.1, 0.15) is 67.5 Å². The summed E-state index contributed by atoms with van der Waals surface area (Å²) in [7, 11) is 3.82. The maximum Gasteiger partial charge on any atom is 0.274 e. The molecular weight excluding hydrogens is 466 g/mol. The lowest BCUT2D eigenvalue weighted by Gasteiger charge is -2.31. The number of aromatic nitrogens is 4. The largest absolute Gasteiger partial charge is 0.335 e. The average molecular weight is 504 g/mol. The van der Waals surface area contributed by atoms with Gasteiger partial charge in [0.05, 0.1) is 17.1 Å². The Kier molecular flexibility index (Phi) is 6.97. The molecule has 0 aliphatic carbocycles. The van der Waals surface area contributed by atoms with Crippen LogP contribution in [-0.4, -0.2) is 43.0 Å². The predicted molar refractivity (Wildman–Crippen MR) is 149 cm³/mol. The van der Waals surface area contributed by atoms with Gasteiger partial charge in [0.15, 0.2) is 5.69 Å². The first-order valence-corrected chi connectivity index (χ1v) is 13.5. The minimum absolute atomic E-state index is 0.0549. The molecule has 0 bridgehead atoms. The van der Waals surface area contributed by atoms with Crippen molar-refractivity contribution in [3.8, 4) is 28.1 Å². The van der Waals surface area contributed by atoms with Gasteiger partial charge in [-0.1, -0.05) is 19.9 Å². The normalized spacial score (nSPS) is 11.8. The van der Waals surface area contributed by atoms with Crippen molar-refractivity contribution in [1.29, 1.82) is 0 Å². The van der Waals surface area contributed by atoms with Crippen molar-refractivity contribution in [2.45, 2.75) is 66.8 Å². The molecule has 36 heavy (non-hydrogen) atoms. The van der Waals surface area contributed by atoms with E-state index in [9.17, 15) is 4.79 Å². The third kappa shape index (κ3) is 4.52. The van der Waals surface area contributed by atoms with Crippen molar-refractivity contribution in [1.82, 2.24) is 24.5 Å². The van der Waals surface area contributed by atoms with Crippen LogP contribution < -0.4 is 0 Å². The number of aryl methyl sites for hydroxylation is 4. The third-order valence-corrected chi connectivity index (χ3v) is 7.66. The summed E-state index contributed by atoms with van der Waals surface area (Å²) in [5.74, 6) is -0.0549. The van der Waals surface area contributed by atoms with Gasteiger partial charge in [0, 0.05) is 47.9 Å². The molecule has 0 fully saturated rings. The molecule has 4 rings (SSSR count). The highest BCUT2D eigenvalue weighted by atomic mass is 32.1. The first kappa shape index (κ1) is 25.9. The van der Waals surface area contributed by atoms with E-state index in [1.54, 1.807) is 16.2 Å². The molecule has 0 saturated heterocycles. The number of rotatable bonds is 6. The van der Waals surface area contributed by atoms with Crippen LogP contribution in [0.2, 0.25) is 0 Å². The summed E-state index contributed by atoms with van der Waals surface area (Å²) in [5, 5.41) is 13.7. The molecule has 0 saturated carbocycles. The zero-order valence-corrected chi connectivity index (χ0v) is 23.7. The Morgan fingerprint density at radius 2 is 1.78 bits per heavy atom. The van der Waals surface area contributed by atoms with Crippen LogP contribution in [0.4, 0.5) is 0 Å². The highest BCUT2D eigenvalue weighted by molar-refractivity contribution is 7.08. The number of carbonyl (C=O) groups excluding carboxylic acids is 1. The van der Waals surface area contributed by atoms with Crippen LogP contribution in [0.15, 0.2) is 35.2 Å². The fourth-order valence-corrected chi connectivity index (χ4v) is 5.31. The topological polar surface area (TPSA) is 56.0 Å². The summed E-state index contributed by atoms with van der Waals surface area (Å²) in [6.07, 6.45) is 3.72. The molecule has 3 aromatic heterocycles. The quantitative estimate of drug-likeness (QED) is 0.297. The van der Waals surface area contributed by atoms with E-state index in [0.29, 0.717) is 12.1 Å². The van der Waals surface area contributed by atoms with Gasteiger partial charge in [0.1, 0.15) is 0 Å². The van der Waals surface area contributed by atoms with E-state index in [1.165, 1.54) is 16.7 Å². The molecule has 6 nitrogen and oxygen atoms in total. The van der Waals surface area contributed by atoms with Crippen LogP contribution in [0.3, 0.4) is 0 Å². The number of nitrogens with zero attached hydrogens (tertiary/aromatic N) is 5. The van der Waals surface area contributed by atoms with Gasteiger partial charge in [0.25, 0.3) is 5.91 Å². The van der Waals surface area contributed by atoms with E-state index in [0.717, 1.165) is 40.2 Å². The fraction of sp³-hybridized carbons (Fsp3) is 0.414. The molecule has 4 aromatic rings. The molecule has 7 heteroatoms. The summed E-state index contributed by atoms with van der Waals surface area (Å²) >= 11 is 1.63. The minimum atomic E-state index is -0.307. The predicted octanol–water partition coefficient (Wildman–Crippen LogP) is 6.61. The summed E-state index contributed by atoms with van der Waals surface area (Å²) in [6, 6.07) is 6.62. The summed E-state index contributed by atoms with van der Waals surface area (Å²) in [6.45, 7) is 14.6. The van der Waals surface area contributed by atoms with Crippen molar-refractivity contribution in [3.63, 3.8) is 0 Å². The Morgan fingerprint density at radius 1 is 1.06 bits per heavy atom. The van der Waals surface area contributed by atoms with Crippen LogP contribution in [-0.2, 0) is 19.9 Å². The second-order valence-corrected chi connectivity index (χ2v) is 11.2. The standard InChI is InChI=1S/C29H37N5OS/c1-10-20-14-18(3)23(15-24(20)25-16-32(8)30-19(25)4)27-22(11-2)26(28(35)33(9)29(5,6)7)31-34(27)21-12-13-36-17-21/h12-17H,10-11H2,1-9H3. The monoisotopic (exact) mass is 503 g/mol. The average Bonchev–Trinajstić information content (AvgIpc) is 3.55. The van der Waals surface area contributed by atoms with Crippen molar-refractivity contribution >= 4 is 17.2 Å². The number of amides is 1. The Balaban J connectivity index is 2.03. The van der Waals surface area contributed by atoms with Gasteiger partial charge in [-0.05, 0) is 81.7 Å². The minimum Gasteiger partial charge on any atom is -0.335 e. The van der Waals surface area contributed by atoms with E-state index >= 15 is 0 Å². The molecule has 1 aromatic carbocycles. The summed E-state index contributed by atoms with van der Waals surface area (Å²) in [5.41, 5.74) is 10.0. The van der Waals surface area contributed by atoms with E-state index in [-0.39, 0.29) is 11.4 Å². The Labute approximate surface area is 218 Å². The van der Waals surface area contributed by atoms with Gasteiger partial charge < -0.3 is 4.90 Å². The molecule has 0 spiro atoms. The van der Waals surface area contributed by atoms with E-state index in [1.807, 2.05) is 49.6 Å². The Bertz CT molecular complexity index is 1400. The summed E-state index contributed by atoms with van der Waals surface area (Å²) in [4.78, 5) is 15.5. The third-order valence-electron chi connectivity index (χ3n) is 6.99. The van der Waals surface area contributed by atoms with Crippen molar-refractivity contribution in [2.24, 2.45) is 7.05 Å². The first-order valence-electron chi connectivity index (χ1n) is 12.5. The summed E-state index contributed by atoms with van der Waals surface area (Å²) < 4.78 is 3.84. The van der Waals surface area contributed by atoms with Crippen LogP contribution in [0, 0.1) is 13.8 Å². The number of carbonyl (C=O) groups is 1. The zero-order chi connectivity index (χ0) is 26.4.